The highest BCUT2D eigenvalue weighted by atomic mass is 16.6. The van der Waals surface area contributed by atoms with Gasteiger partial charge in [0.05, 0.1) is 12.7 Å². The van der Waals surface area contributed by atoms with Gasteiger partial charge in [-0.1, -0.05) is 66.7 Å². The van der Waals surface area contributed by atoms with E-state index >= 15 is 0 Å². The highest BCUT2D eigenvalue weighted by molar-refractivity contribution is 6.18. The van der Waals surface area contributed by atoms with Gasteiger partial charge in [-0.3, -0.25) is 9.78 Å². The zero-order chi connectivity index (χ0) is 27.4. The number of ether oxygens (including phenoxy) is 2. The van der Waals surface area contributed by atoms with Crippen LogP contribution in [-0.2, 0) is 20.8 Å². The lowest BCUT2D eigenvalue weighted by molar-refractivity contribution is -0.149. The molecule has 1 heterocycles. The van der Waals surface area contributed by atoms with Crippen molar-refractivity contribution in [3.05, 3.63) is 114 Å². The molecular weight excluding hydrogens is 492 g/mol. The number of benzene rings is 4. The van der Waals surface area contributed by atoms with Gasteiger partial charge in [-0.2, -0.15) is 0 Å². The van der Waals surface area contributed by atoms with Crippen LogP contribution in [0.25, 0.3) is 32.7 Å². The summed E-state index contributed by atoms with van der Waals surface area (Å²) in [5.41, 5.74) is 2.66. The van der Waals surface area contributed by atoms with E-state index < -0.39 is 18.0 Å². The lowest BCUT2D eigenvalue weighted by Crippen LogP contribution is -2.26. The Morgan fingerprint density at radius 1 is 0.795 bits per heavy atom. The number of hydrogen-bond donors (Lipinski definition) is 1. The number of methoxy groups -OCH3 is 1. The molecule has 0 radical (unpaired) electrons. The van der Waals surface area contributed by atoms with Crippen molar-refractivity contribution in [2.75, 3.05) is 7.11 Å². The van der Waals surface area contributed by atoms with Gasteiger partial charge in [0.1, 0.15) is 0 Å². The summed E-state index contributed by atoms with van der Waals surface area (Å²) in [4.78, 5) is 43.3. The molecule has 5 aromatic rings. The minimum atomic E-state index is -1.10. The molecule has 39 heavy (non-hydrogen) atoms. The van der Waals surface area contributed by atoms with Gasteiger partial charge >= 0.3 is 11.9 Å². The average molecular weight is 519 g/mol. The number of amides is 1. The Morgan fingerprint density at radius 2 is 1.41 bits per heavy atom. The second-order valence-electron chi connectivity index (χ2n) is 9.03. The number of rotatable bonds is 7. The van der Waals surface area contributed by atoms with Crippen LogP contribution in [-0.4, -0.2) is 36.0 Å². The summed E-state index contributed by atoms with van der Waals surface area (Å²) in [6, 6.07) is 26.2. The van der Waals surface area contributed by atoms with Gasteiger partial charge in [0.25, 0.3) is 5.91 Å². The van der Waals surface area contributed by atoms with E-state index in [2.05, 4.69) is 10.3 Å². The van der Waals surface area contributed by atoms with Crippen LogP contribution in [0.3, 0.4) is 0 Å². The maximum absolute atomic E-state index is 13.7. The highest BCUT2D eigenvalue weighted by Crippen LogP contribution is 2.39. The smallest absolute Gasteiger partial charge is 0.346 e. The quantitative estimate of drug-likeness (QED) is 0.278. The Kier molecular flexibility index (Phi) is 7.32. The topological polar surface area (TPSA) is 94.6 Å². The van der Waals surface area contributed by atoms with Crippen molar-refractivity contribution in [3.63, 3.8) is 0 Å². The fraction of sp³-hybridized carbons (Fsp3) is 0.125. The first kappa shape index (κ1) is 25.6. The number of hydrogen-bond acceptors (Lipinski definition) is 6. The van der Waals surface area contributed by atoms with Crippen LogP contribution in [0, 0.1) is 0 Å². The summed E-state index contributed by atoms with van der Waals surface area (Å²) >= 11 is 0. The maximum atomic E-state index is 13.7. The van der Waals surface area contributed by atoms with E-state index in [9.17, 15) is 14.4 Å². The normalized spacial score (nSPS) is 11.6. The molecule has 194 valence electrons. The molecule has 1 unspecified atom stereocenters. The summed E-state index contributed by atoms with van der Waals surface area (Å²) in [6.07, 6.45) is 2.27. The van der Waals surface area contributed by atoms with Crippen molar-refractivity contribution in [2.45, 2.75) is 19.6 Å². The number of aromatic nitrogens is 1. The van der Waals surface area contributed by atoms with Crippen molar-refractivity contribution in [3.8, 4) is 11.1 Å². The van der Waals surface area contributed by atoms with Crippen LogP contribution in [0.5, 0.6) is 0 Å². The van der Waals surface area contributed by atoms with E-state index in [-0.39, 0.29) is 11.5 Å². The van der Waals surface area contributed by atoms with Crippen LogP contribution < -0.4 is 5.32 Å². The summed E-state index contributed by atoms with van der Waals surface area (Å²) in [7, 11) is 1.24. The number of carbonyl (C=O) groups excluding carboxylic acids is 3. The summed E-state index contributed by atoms with van der Waals surface area (Å²) in [5, 5.41) is 6.36. The number of pyridine rings is 1. The van der Waals surface area contributed by atoms with E-state index in [1.165, 1.54) is 14.0 Å². The molecule has 0 aliphatic heterocycles. The molecule has 7 nitrogen and oxygen atoms in total. The average Bonchev–Trinajstić information content (AvgIpc) is 2.98. The first-order valence-corrected chi connectivity index (χ1v) is 12.5. The maximum Gasteiger partial charge on any atom is 0.346 e. The van der Waals surface area contributed by atoms with Gasteiger partial charge in [-0.15, -0.1) is 0 Å². The number of nitrogens with one attached hydrogen (secondary N) is 1. The van der Waals surface area contributed by atoms with Crippen molar-refractivity contribution in [2.24, 2.45) is 0 Å². The molecule has 1 N–H and O–H groups in total. The monoisotopic (exact) mass is 518 g/mol. The van der Waals surface area contributed by atoms with Gasteiger partial charge in [0.15, 0.2) is 6.10 Å². The molecule has 0 aliphatic carbocycles. The third kappa shape index (κ3) is 5.20. The zero-order valence-corrected chi connectivity index (χ0v) is 21.5. The Labute approximate surface area is 225 Å². The Hall–Kier alpha value is -5.04. The van der Waals surface area contributed by atoms with Gasteiger partial charge in [0.2, 0.25) is 0 Å². The van der Waals surface area contributed by atoms with Crippen LogP contribution >= 0.6 is 0 Å². The lowest BCUT2D eigenvalue weighted by atomic mass is 9.86. The molecule has 4 aromatic carbocycles. The molecule has 0 fully saturated rings. The van der Waals surface area contributed by atoms with Crippen LogP contribution in [0.1, 0.15) is 33.2 Å². The molecule has 1 atom stereocenters. The second kappa shape index (κ2) is 11.1. The molecule has 0 saturated carbocycles. The molecule has 0 bridgehead atoms. The van der Waals surface area contributed by atoms with Crippen molar-refractivity contribution in [1.82, 2.24) is 10.3 Å². The van der Waals surface area contributed by atoms with Crippen LogP contribution in [0.15, 0.2) is 97.3 Å². The van der Waals surface area contributed by atoms with E-state index in [1.54, 1.807) is 24.5 Å². The minimum Gasteiger partial charge on any atom is -0.466 e. The predicted molar refractivity (Wildman–Crippen MR) is 149 cm³/mol. The van der Waals surface area contributed by atoms with Crippen molar-refractivity contribution < 1.29 is 23.9 Å². The Morgan fingerprint density at radius 3 is 2.03 bits per heavy atom. The zero-order valence-electron chi connectivity index (χ0n) is 21.5. The number of nitrogens with zero attached hydrogens (tertiary/aromatic N) is 1. The molecule has 0 saturated heterocycles. The molecule has 0 spiro atoms. The standard InChI is InChI=1S/C32H26N2O5/c1-20(31(36)38-2)39-32(37)27-16-14-23-10-4-6-12-25(23)29(27)28-24-11-5-3-9-22(24)13-15-26(28)30(35)34-19-21-8-7-17-33-18-21/h3-18,20H,19H2,1-2H3,(H,34,35). The molecular formula is C32H26N2O5. The van der Waals surface area contributed by atoms with E-state index in [0.29, 0.717) is 23.2 Å². The first-order valence-electron chi connectivity index (χ1n) is 12.5. The van der Waals surface area contributed by atoms with Gasteiger partial charge in [-0.05, 0) is 52.2 Å². The molecule has 5 rings (SSSR count). The third-order valence-corrected chi connectivity index (χ3v) is 6.57. The van der Waals surface area contributed by atoms with E-state index in [0.717, 1.165) is 27.1 Å². The molecule has 1 aromatic heterocycles. The predicted octanol–water partition coefficient (Wildman–Crippen LogP) is 5.70. The summed E-state index contributed by atoms with van der Waals surface area (Å²) < 4.78 is 10.2. The highest BCUT2D eigenvalue weighted by Gasteiger charge is 2.26. The van der Waals surface area contributed by atoms with E-state index in [4.69, 9.17) is 9.47 Å². The Bertz CT molecular complexity index is 1700. The van der Waals surface area contributed by atoms with Crippen LogP contribution in [0.2, 0.25) is 0 Å². The summed E-state index contributed by atoms with van der Waals surface area (Å²) in [5.74, 6) is -1.65. The SMILES string of the molecule is COC(=O)C(C)OC(=O)c1ccc2ccccc2c1-c1c(C(=O)NCc2cccnc2)ccc2ccccc12. The fourth-order valence-corrected chi connectivity index (χ4v) is 4.66. The largest absolute Gasteiger partial charge is 0.466 e. The van der Waals surface area contributed by atoms with Gasteiger partial charge < -0.3 is 14.8 Å². The third-order valence-electron chi connectivity index (χ3n) is 6.57. The summed E-state index contributed by atoms with van der Waals surface area (Å²) in [6.45, 7) is 1.75. The molecule has 0 aliphatic rings. The van der Waals surface area contributed by atoms with Gasteiger partial charge in [-0.25, -0.2) is 9.59 Å². The molecule has 1 amide bonds. The Balaban J connectivity index is 1.71. The number of esters is 2. The minimum absolute atomic E-state index is 0.238. The number of carbonyl (C=O) groups is 3. The van der Waals surface area contributed by atoms with E-state index in [1.807, 2.05) is 72.8 Å². The van der Waals surface area contributed by atoms with Crippen molar-refractivity contribution >= 4 is 39.4 Å². The number of fused-ring (bicyclic) bond motifs is 2. The van der Waals surface area contributed by atoms with Crippen LogP contribution in [0.4, 0.5) is 0 Å². The first-order chi connectivity index (χ1) is 19.0. The fourth-order valence-electron chi connectivity index (χ4n) is 4.66. The lowest BCUT2D eigenvalue weighted by Gasteiger charge is -2.19. The second-order valence-corrected chi connectivity index (χ2v) is 9.03. The molecule has 7 heteroatoms. The van der Waals surface area contributed by atoms with Gasteiger partial charge in [0, 0.05) is 35.6 Å². The van der Waals surface area contributed by atoms with Crippen molar-refractivity contribution in [1.29, 1.82) is 0 Å².